The van der Waals surface area contributed by atoms with Crippen LogP contribution in [-0.4, -0.2) is 23.8 Å². The minimum atomic E-state index is -2.12. The molecule has 0 saturated heterocycles. The molecule has 1 unspecified atom stereocenters. The fourth-order valence-corrected chi connectivity index (χ4v) is 3.61. The molecule has 1 rings (SSSR count). The number of nitrogens with zero attached hydrogens (tertiary/aromatic N) is 3. The molecule has 0 aliphatic carbocycles. The van der Waals surface area contributed by atoms with Crippen LogP contribution in [0.5, 0.6) is 0 Å². The largest absolute Gasteiger partial charge is 0.246 e. The van der Waals surface area contributed by atoms with Gasteiger partial charge in [0.1, 0.15) is 5.30 Å². The molecular weight excluding hydrogens is 221 g/mol. The van der Waals surface area contributed by atoms with Gasteiger partial charge in [0, 0.05) is 4.91 Å². The molecule has 4 nitrogen and oxygen atoms in total. The van der Waals surface area contributed by atoms with E-state index in [2.05, 4.69) is 10.0 Å². The third kappa shape index (κ3) is 3.21. The van der Waals surface area contributed by atoms with Crippen LogP contribution in [-0.2, 0) is 0 Å². The monoisotopic (exact) mass is 238 g/mol. The first kappa shape index (κ1) is 13.0. The molecular formula is C11H17N3OP+. The molecule has 1 N–H and O–H groups in total. The third-order valence-corrected chi connectivity index (χ3v) is 5.92. The lowest BCUT2D eigenvalue weighted by atomic mass is 10.2. The fourth-order valence-electron chi connectivity index (χ4n) is 1.55. The van der Waals surface area contributed by atoms with Gasteiger partial charge in [-0.25, -0.2) is 4.89 Å². The van der Waals surface area contributed by atoms with Gasteiger partial charge in [-0.3, -0.25) is 0 Å². The van der Waals surface area contributed by atoms with Crippen molar-refractivity contribution in [1.29, 1.82) is 0 Å². The quantitative estimate of drug-likeness (QED) is 0.364. The Balaban J connectivity index is 2.86. The maximum Gasteiger partial charge on any atom is 0.174 e. The summed E-state index contributed by atoms with van der Waals surface area (Å²) >= 11 is 0. The number of azide groups is 1. The van der Waals surface area contributed by atoms with Crippen LogP contribution in [0, 0.1) is 6.92 Å². The van der Waals surface area contributed by atoms with Crippen LogP contribution < -0.4 is 5.30 Å². The van der Waals surface area contributed by atoms with Crippen LogP contribution >= 0.6 is 7.49 Å². The molecule has 0 heterocycles. The van der Waals surface area contributed by atoms with E-state index in [9.17, 15) is 4.89 Å². The Bertz CT molecular complexity index is 387. The molecule has 1 aromatic carbocycles. The molecule has 1 atom stereocenters. The molecule has 0 bridgehead atoms. The summed E-state index contributed by atoms with van der Waals surface area (Å²) in [5.41, 5.74) is 9.41. The third-order valence-electron chi connectivity index (χ3n) is 2.67. The summed E-state index contributed by atoms with van der Waals surface area (Å²) in [6.45, 7) is 4.36. The molecule has 0 aromatic heterocycles. The van der Waals surface area contributed by atoms with Crippen LogP contribution in [0.1, 0.15) is 12.5 Å². The summed E-state index contributed by atoms with van der Waals surface area (Å²) in [4.78, 5) is 13.2. The summed E-state index contributed by atoms with van der Waals surface area (Å²) in [6, 6.07) is 7.96. The van der Waals surface area contributed by atoms with E-state index in [4.69, 9.17) is 5.53 Å². The molecule has 0 spiro atoms. The van der Waals surface area contributed by atoms with E-state index in [1.165, 1.54) is 5.56 Å². The van der Waals surface area contributed by atoms with E-state index in [-0.39, 0.29) is 0 Å². The Morgan fingerprint density at radius 1 is 1.38 bits per heavy atom. The topological polar surface area (TPSA) is 69.0 Å². The smallest absolute Gasteiger partial charge is 0.174 e. The Kier molecular flexibility index (Phi) is 4.75. The van der Waals surface area contributed by atoms with E-state index >= 15 is 0 Å². The van der Waals surface area contributed by atoms with Gasteiger partial charge in [-0.2, -0.15) is 0 Å². The van der Waals surface area contributed by atoms with Gasteiger partial charge in [-0.15, -0.1) is 0 Å². The van der Waals surface area contributed by atoms with Crippen molar-refractivity contribution in [3.8, 4) is 0 Å². The summed E-state index contributed by atoms with van der Waals surface area (Å²) in [5.74, 6) is 0. The highest BCUT2D eigenvalue weighted by molar-refractivity contribution is 7.77. The normalized spacial score (nSPS) is 13.9. The highest BCUT2D eigenvalue weighted by atomic mass is 31.2. The van der Waals surface area contributed by atoms with E-state index < -0.39 is 7.49 Å². The van der Waals surface area contributed by atoms with Crippen molar-refractivity contribution in [3.05, 3.63) is 40.3 Å². The molecule has 1 aromatic rings. The zero-order valence-corrected chi connectivity index (χ0v) is 10.6. The van der Waals surface area contributed by atoms with Gasteiger partial charge in [0.05, 0.1) is 18.9 Å². The minimum Gasteiger partial charge on any atom is -0.246 e. The zero-order chi connectivity index (χ0) is 12.0. The summed E-state index contributed by atoms with van der Waals surface area (Å²) in [7, 11) is -2.12. The van der Waals surface area contributed by atoms with Gasteiger partial charge >= 0.3 is 0 Å². The number of hydrogen-bond acceptors (Lipinski definition) is 2. The van der Waals surface area contributed by atoms with E-state index in [0.29, 0.717) is 12.7 Å². The van der Waals surface area contributed by atoms with Crippen LogP contribution in [0.2, 0.25) is 0 Å². The van der Waals surface area contributed by atoms with E-state index in [1.807, 2.05) is 38.1 Å². The predicted molar refractivity (Wildman–Crippen MR) is 69.4 cm³/mol. The number of aryl methyl sites for hydroxylation is 1. The van der Waals surface area contributed by atoms with Crippen LogP contribution in [0.3, 0.4) is 0 Å². The second-order valence-electron chi connectivity index (χ2n) is 3.75. The first-order valence-corrected chi connectivity index (χ1v) is 7.41. The van der Waals surface area contributed by atoms with Gasteiger partial charge in [0.25, 0.3) is 0 Å². The van der Waals surface area contributed by atoms with Crippen molar-refractivity contribution in [2.45, 2.75) is 13.8 Å². The SMILES string of the molecule is CC[P+](O)(CCN=[N+]=[N-])c1ccc(C)cc1. The van der Waals surface area contributed by atoms with Crippen molar-refractivity contribution in [3.63, 3.8) is 0 Å². The van der Waals surface area contributed by atoms with Crippen LogP contribution in [0.15, 0.2) is 29.4 Å². The lowest BCUT2D eigenvalue weighted by molar-refractivity contribution is 0.610. The molecule has 0 aliphatic heterocycles. The summed E-state index contributed by atoms with van der Waals surface area (Å²) < 4.78 is 0. The average molecular weight is 238 g/mol. The minimum absolute atomic E-state index is 0.364. The maximum atomic E-state index is 10.5. The standard InChI is InChI=1S/C11H17N3OP/c1-3-16(15,9-8-13-14-12)11-6-4-10(2)5-7-11/h4-7,15H,3,8-9H2,1-2H3/q+1. The van der Waals surface area contributed by atoms with E-state index in [1.54, 1.807) is 0 Å². The van der Waals surface area contributed by atoms with Gasteiger partial charge in [-0.05, 0) is 31.5 Å². The first-order valence-electron chi connectivity index (χ1n) is 5.30. The molecule has 0 aliphatic rings. The van der Waals surface area contributed by atoms with Gasteiger partial charge in [-0.1, -0.05) is 22.8 Å². The van der Waals surface area contributed by atoms with Crippen molar-refractivity contribution < 1.29 is 4.89 Å². The van der Waals surface area contributed by atoms with Crippen molar-refractivity contribution in [1.82, 2.24) is 0 Å². The lowest BCUT2D eigenvalue weighted by Crippen LogP contribution is -2.17. The summed E-state index contributed by atoms with van der Waals surface area (Å²) in [6.07, 6.45) is 1.29. The van der Waals surface area contributed by atoms with Gasteiger partial charge in [0.2, 0.25) is 0 Å². The maximum absolute atomic E-state index is 10.5. The van der Waals surface area contributed by atoms with Crippen LogP contribution in [0.25, 0.3) is 10.4 Å². The number of rotatable bonds is 5. The van der Waals surface area contributed by atoms with Crippen molar-refractivity contribution in [2.75, 3.05) is 18.9 Å². The fraction of sp³-hybridized carbons (Fsp3) is 0.455. The molecule has 0 saturated carbocycles. The Morgan fingerprint density at radius 3 is 2.50 bits per heavy atom. The van der Waals surface area contributed by atoms with Gasteiger partial charge in [0.15, 0.2) is 7.49 Å². The number of benzene rings is 1. The van der Waals surface area contributed by atoms with Crippen molar-refractivity contribution >= 4 is 12.8 Å². The summed E-state index contributed by atoms with van der Waals surface area (Å²) in [5, 5.41) is 4.49. The molecule has 0 fully saturated rings. The number of hydrogen-bond donors (Lipinski definition) is 1. The molecule has 16 heavy (non-hydrogen) atoms. The Morgan fingerprint density at radius 2 is 2.00 bits per heavy atom. The Labute approximate surface area is 96.4 Å². The molecule has 86 valence electrons. The second-order valence-corrected chi connectivity index (χ2v) is 7.19. The average Bonchev–Trinajstić information content (AvgIpc) is 2.30. The van der Waals surface area contributed by atoms with Crippen molar-refractivity contribution in [2.24, 2.45) is 5.11 Å². The first-order chi connectivity index (χ1) is 7.62. The lowest BCUT2D eigenvalue weighted by Gasteiger charge is -2.17. The molecule has 0 amide bonds. The molecule has 0 radical (unpaired) electrons. The molecule has 5 heteroatoms. The van der Waals surface area contributed by atoms with Crippen LogP contribution in [0.4, 0.5) is 0 Å². The highest BCUT2D eigenvalue weighted by Gasteiger charge is 2.35. The Hall–Kier alpha value is -1.08. The zero-order valence-electron chi connectivity index (χ0n) is 9.67. The van der Waals surface area contributed by atoms with E-state index in [0.717, 1.165) is 11.5 Å². The van der Waals surface area contributed by atoms with Gasteiger partial charge < -0.3 is 0 Å². The highest BCUT2D eigenvalue weighted by Crippen LogP contribution is 2.52. The predicted octanol–water partition coefficient (Wildman–Crippen LogP) is 2.88. The second kappa shape index (κ2) is 5.86.